The van der Waals surface area contributed by atoms with E-state index in [-0.39, 0.29) is 17.5 Å². The summed E-state index contributed by atoms with van der Waals surface area (Å²) in [6.45, 7) is 2.78. The molecule has 0 radical (unpaired) electrons. The van der Waals surface area contributed by atoms with E-state index in [1.54, 1.807) is 48.1 Å². The summed E-state index contributed by atoms with van der Waals surface area (Å²) in [5.74, 6) is 0.0774. The number of rotatable bonds is 5. The molecule has 3 aromatic rings. The molecule has 0 bridgehead atoms. The second-order valence-electron chi connectivity index (χ2n) is 8.70. The summed E-state index contributed by atoms with van der Waals surface area (Å²) < 4.78 is 6.76. The minimum absolute atomic E-state index is 0.128. The van der Waals surface area contributed by atoms with Gasteiger partial charge in [0, 0.05) is 42.7 Å². The van der Waals surface area contributed by atoms with Crippen LogP contribution in [0.25, 0.3) is 5.69 Å². The number of hydrogen-bond donors (Lipinski definition) is 0. The van der Waals surface area contributed by atoms with Crippen LogP contribution >= 0.6 is 0 Å². The number of carbonyl (C=O) groups excluding carboxylic acids is 3. The first-order chi connectivity index (χ1) is 17.5. The summed E-state index contributed by atoms with van der Waals surface area (Å²) in [6.07, 6.45) is 4.36. The van der Waals surface area contributed by atoms with Crippen molar-refractivity contribution in [2.24, 2.45) is 4.99 Å². The lowest BCUT2D eigenvalue weighted by Crippen LogP contribution is -2.39. The zero-order chi connectivity index (χ0) is 25.2. The van der Waals surface area contributed by atoms with Crippen molar-refractivity contribution in [2.75, 3.05) is 30.0 Å². The Morgan fingerprint density at radius 3 is 2.22 bits per heavy atom. The largest absolute Gasteiger partial charge is 0.497 e. The monoisotopic (exact) mass is 485 g/mol. The van der Waals surface area contributed by atoms with Gasteiger partial charge in [-0.3, -0.25) is 14.4 Å². The SMILES string of the molecule is CC=NC(=O)c1nn(-c2ccc(OC)cc2)c2c1CCN(c1ccc(N3CCCCC3=O)cc1)C2=O. The molecule has 1 aromatic heterocycles. The number of hydrogen-bond acceptors (Lipinski definition) is 5. The van der Waals surface area contributed by atoms with Crippen LogP contribution in [0.3, 0.4) is 0 Å². The molecule has 184 valence electrons. The number of aliphatic imine (C=N–C) groups is 1. The van der Waals surface area contributed by atoms with E-state index >= 15 is 0 Å². The van der Waals surface area contributed by atoms with Crippen LogP contribution in [0, 0.1) is 0 Å². The maximum atomic E-state index is 13.8. The predicted octanol–water partition coefficient (Wildman–Crippen LogP) is 3.83. The molecule has 3 heterocycles. The highest BCUT2D eigenvalue weighted by Gasteiger charge is 2.35. The summed E-state index contributed by atoms with van der Waals surface area (Å²) in [4.78, 5) is 46.1. The summed E-state index contributed by atoms with van der Waals surface area (Å²) in [5, 5.41) is 4.52. The standard InChI is InChI=1S/C27H27N5O4/c1-3-28-26(34)24-22-15-17-31(19-9-7-18(8-10-19)30-16-5-4-6-23(30)33)27(35)25(22)32(29-24)20-11-13-21(36-2)14-12-20/h3,7-14H,4-6,15-17H2,1-2H3. The highest BCUT2D eigenvalue weighted by atomic mass is 16.5. The number of piperidine rings is 1. The molecule has 2 aromatic carbocycles. The van der Waals surface area contributed by atoms with E-state index in [9.17, 15) is 14.4 Å². The zero-order valence-electron chi connectivity index (χ0n) is 20.3. The van der Waals surface area contributed by atoms with Gasteiger partial charge < -0.3 is 14.5 Å². The molecule has 2 aliphatic heterocycles. The van der Waals surface area contributed by atoms with Crippen LogP contribution in [-0.2, 0) is 11.2 Å². The third-order valence-corrected chi connectivity index (χ3v) is 6.58. The Morgan fingerprint density at radius 1 is 0.917 bits per heavy atom. The van der Waals surface area contributed by atoms with Crippen LogP contribution in [0.5, 0.6) is 5.75 Å². The van der Waals surface area contributed by atoms with Gasteiger partial charge in [-0.25, -0.2) is 9.67 Å². The van der Waals surface area contributed by atoms with E-state index in [4.69, 9.17) is 4.74 Å². The van der Waals surface area contributed by atoms with Crippen molar-refractivity contribution in [2.45, 2.75) is 32.6 Å². The van der Waals surface area contributed by atoms with E-state index in [0.29, 0.717) is 48.6 Å². The Balaban J connectivity index is 1.51. The minimum atomic E-state index is -0.474. The third-order valence-electron chi connectivity index (χ3n) is 6.58. The molecule has 0 unspecified atom stereocenters. The van der Waals surface area contributed by atoms with Crippen molar-refractivity contribution in [1.82, 2.24) is 9.78 Å². The lowest BCUT2D eigenvalue weighted by molar-refractivity contribution is -0.119. The van der Waals surface area contributed by atoms with Crippen LogP contribution in [0.4, 0.5) is 11.4 Å². The topological polar surface area (TPSA) is 97.1 Å². The summed E-state index contributed by atoms with van der Waals surface area (Å²) in [7, 11) is 1.58. The smallest absolute Gasteiger partial charge is 0.297 e. The van der Waals surface area contributed by atoms with E-state index in [1.165, 1.54) is 10.9 Å². The van der Waals surface area contributed by atoms with Crippen molar-refractivity contribution < 1.29 is 19.1 Å². The highest BCUT2D eigenvalue weighted by molar-refractivity contribution is 6.10. The van der Waals surface area contributed by atoms with Gasteiger partial charge in [0.15, 0.2) is 5.69 Å². The Kier molecular flexibility index (Phi) is 6.37. The van der Waals surface area contributed by atoms with Crippen LogP contribution in [0.2, 0.25) is 0 Å². The van der Waals surface area contributed by atoms with Gasteiger partial charge in [0.1, 0.15) is 11.4 Å². The number of aromatic nitrogens is 2. The zero-order valence-corrected chi connectivity index (χ0v) is 20.3. The normalized spacial score (nSPS) is 15.9. The quantitative estimate of drug-likeness (QED) is 0.512. The van der Waals surface area contributed by atoms with Gasteiger partial charge in [0.25, 0.3) is 11.8 Å². The lowest BCUT2D eigenvalue weighted by Gasteiger charge is -2.29. The number of amides is 3. The van der Waals surface area contributed by atoms with Gasteiger partial charge in [-0.1, -0.05) is 0 Å². The first-order valence-corrected chi connectivity index (χ1v) is 12.0. The molecular formula is C27H27N5O4. The van der Waals surface area contributed by atoms with E-state index in [1.807, 2.05) is 24.3 Å². The Morgan fingerprint density at radius 2 is 1.58 bits per heavy atom. The molecule has 3 amide bonds. The maximum Gasteiger partial charge on any atom is 0.297 e. The van der Waals surface area contributed by atoms with E-state index < -0.39 is 5.91 Å². The third kappa shape index (κ3) is 4.17. The van der Waals surface area contributed by atoms with Crippen molar-refractivity contribution >= 4 is 35.3 Å². The molecule has 0 spiro atoms. The van der Waals surface area contributed by atoms with Crippen molar-refractivity contribution in [3.8, 4) is 11.4 Å². The Labute approximate surface area is 209 Å². The molecule has 0 saturated carbocycles. The highest BCUT2D eigenvalue weighted by Crippen LogP contribution is 2.31. The summed E-state index contributed by atoms with van der Waals surface area (Å²) in [5.41, 5.74) is 3.32. The molecule has 0 N–H and O–H groups in total. The van der Waals surface area contributed by atoms with Crippen LogP contribution in [-0.4, -0.2) is 53.9 Å². The van der Waals surface area contributed by atoms with E-state index in [2.05, 4.69) is 10.1 Å². The second-order valence-corrected chi connectivity index (χ2v) is 8.70. The van der Waals surface area contributed by atoms with Gasteiger partial charge in [0.05, 0.1) is 12.8 Å². The predicted molar refractivity (Wildman–Crippen MR) is 137 cm³/mol. The summed E-state index contributed by atoms with van der Waals surface area (Å²) in [6, 6.07) is 14.6. The molecule has 1 saturated heterocycles. The first-order valence-electron chi connectivity index (χ1n) is 12.0. The molecule has 9 heteroatoms. The molecule has 36 heavy (non-hydrogen) atoms. The molecule has 1 fully saturated rings. The number of benzene rings is 2. The summed E-state index contributed by atoms with van der Waals surface area (Å²) >= 11 is 0. The number of nitrogens with zero attached hydrogens (tertiary/aromatic N) is 5. The lowest BCUT2D eigenvalue weighted by atomic mass is 10.0. The van der Waals surface area contributed by atoms with Gasteiger partial charge in [-0.2, -0.15) is 5.10 Å². The van der Waals surface area contributed by atoms with Crippen molar-refractivity contribution in [3.05, 3.63) is 65.5 Å². The molecule has 0 aliphatic carbocycles. The van der Waals surface area contributed by atoms with Gasteiger partial charge >= 0.3 is 0 Å². The van der Waals surface area contributed by atoms with Crippen molar-refractivity contribution in [3.63, 3.8) is 0 Å². The maximum absolute atomic E-state index is 13.8. The molecule has 0 atom stereocenters. The minimum Gasteiger partial charge on any atom is -0.497 e. The number of fused-ring (bicyclic) bond motifs is 1. The molecule has 2 aliphatic rings. The van der Waals surface area contributed by atoms with E-state index in [0.717, 1.165) is 24.2 Å². The van der Waals surface area contributed by atoms with Crippen LogP contribution in [0.15, 0.2) is 53.5 Å². The van der Waals surface area contributed by atoms with Crippen LogP contribution < -0.4 is 14.5 Å². The average Bonchev–Trinajstić information content (AvgIpc) is 3.30. The van der Waals surface area contributed by atoms with Crippen molar-refractivity contribution in [1.29, 1.82) is 0 Å². The average molecular weight is 486 g/mol. The Hall–Kier alpha value is -4.27. The first kappa shape index (κ1) is 23.5. The Bertz CT molecular complexity index is 1340. The fourth-order valence-corrected chi connectivity index (χ4v) is 4.76. The van der Waals surface area contributed by atoms with Crippen LogP contribution in [0.1, 0.15) is 52.7 Å². The van der Waals surface area contributed by atoms with Gasteiger partial charge in [-0.05, 0) is 74.7 Å². The fraction of sp³-hybridized carbons (Fsp3) is 0.296. The molecule has 9 nitrogen and oxygen atoms in total. The second kappa shape index (κ2) is 9.77. The number of methoxy groups -OCH3 is 1. The molecule has 5 rings (SSSR count). The molecular weight excluding hydrogens is 458 g/mol. The number of ether oxygens (including phenoxy) is 1. The van der Waals surface area contributed by atoms with Gasteiger partial charge in [-0.15, -0.1) is 0 Å². The number of anilines is 2. The van der Waals surface area contributed by atoms with Gasteiger partial charge in [0.2, 0.25) is 5.91 Å². The number of carbonyl (C=O) groups is 3. The fourth-order valence-electron chi connectivity index (χ4n) is 4.76.